The van der Waals surface area contributed by atoms with E-state index >= 15 is 4.39 Å². The Labute approximate surface area is 429 Å². The van der Waals surface area contributed by atoms with E-state index < -0.39 is 54.9 Å². The molecule has 3 aromatic carbocycles. The van der Waals surface area contributed by atoms with Crippen molar-refractivity contribution >= 4 is 55.4 Å². The Bertz CT molecular complexity index is 3110. The van der Waals surface area contributed by atoms with Crippen molar-refractivity contribution in [2.75, 3.05) is 67.8 Å². The van der Waals surface area contributed by atoms with Crippen LogP contribution in [0.2, 0.25) is 0 Å². The number of fused-ring (bicyclic) bond motifs is 4. The number of nitro groups is 1. The number of nitro benzene ring substituents is 1. The molecule has 2 saturated carbocycles. The third-order valence-electron chi connectivity index (χ3n) is 17.3. The number of nitrogens with zero attached hydrogens (tertiary/aromatic N) is 5. The molecular weight excluding hydrogens is 972 g/mol. The number of pyridine rings is 1. The van der Waals surface area contributed by atoms with E-state index in [1.807, 2.05) is 29.2 Å². The number of aliphatic hydroxyl groups is 1. The summed E-state index contributed by atoms with van der Waals surface area (Å²) in [4.78, 5) is 41.1. The van der Waals surface area contributed by atoms with Crippen LogP contribution in [0, 0.1) is 22.5 Å². The number of rotatable bonds is 9. The first-order valence-corrected chi connectivity index (χ1v) is 27.5. The number of aryl methyl sites for hydroxylation is 1. The van der Waals surface area contributed by atoms with Gasteiger partial charge in [0.2, 0.25) is 5.88 Å². The summed E-state index contributed by atoms with van der Waals surface area (Å²) >= 11 is 0. The monoisotopic (exact) mass is 1030 g/mol. The van der Waals surface area contributed by atoms with Gasteiger partial charge in [-0.1, -0.05) is 24.3 Å². The molecule has 4 N–H and O–H groups in total. The van der Waals surface area contributed by atoms with Gasteiger partial charge in [0.05, 0.1) is 58.0 Å². The summed E-state index contributed by atoms with van der Waals surface area (Å²) in [5.41, 5.74) is 1.78. The van der Waals surface area contributed by atoms with E-state index in [1.165, 1.54) is 11.1 Å². The highest BCUT2D eigenvalue weighted by molar-refractivity contribution is 7.90. The maximum absolute atomic E-state index is 16.3. The van der Waals surface area contributed by atoms with Crippen molar-refractivity contribution in [3.8, 4) is 11.6 Å². The van der Waals surface area contributed by atoms with Crippen LogP contribution >= 0.6 is 0 Å². The van der Waals surface area contributed by atoms with E-state index in [2.05, 4.69) is 56.0 Å². The van der Waals surface area contributed by atoms with E-state index in [-0.39, 0.29) is 73.4 Å². The van der Waals surface area contributed by atoms with E-state index in [1.54, 1.807) is 19.2 Å². The summed E-state index contributed by atoms with van der Waals surface area (Å²) in [6.45, 7) is 8.36. The van der Waals surface area contributed by atoms with Gasteiger partial charge in [-0.3, -0.25) is 19.8 Å². The van der Waals surface area contributed by atoms with Crippen LogP contribution in [0.15, 0.2) is 77.8 Å². The molecule has 18 nitrogen and oxygen atoms in total. The SMILES string of the molecule is Cc1ccccc1[C@@H]1COCCCN1C1CC2(CCN(c3ccc(C(=O)NS(=O)(=O)c4cc5c(c([N+](=O)[O-])c4)N[C@@H](C4(F)CCC(C)(O)CC4)CO5)c(N4c5cc6cc[nH]c6nc5O[C@H]5COCC[C@@H]54)c3)CC2)C1. The molecule has 5 aromatic rings. The van der Waals surface area contributed by atoms with Crippen LogP contribution in [0.1, 0.15) is 98.7 Å². The maximum atomic E-state index is 16.3. The number of H-pyrrole nitrogens is 1. The van der Waals surface area contributed by atoms with Gasteiger partial charge in [0.1, 0.15) is 29.7 Å². The summed E-state index contributed by atoms with van der Waals surface area (Å²) in [5.74, 6) is -0.781. The lowest BCUT2D eigenvalue weighted by Gasteiger charge is -2.56. The lowest BCUT2D eigenvalue weighted by atomic mass is 9.59. The first-order valence-electron chi connectivity index (χ1n) is 26.1. The van der Waals surface area contributed by atoms with Gasteiger partial charge in [0.25, 0.3) is 21.6 Å². The number of carbonyl (C=O) groups is 1. The summed E-state index contributed by atoms with van der Waals surface area (Å²) in [7, 11) is -4.80. The van der Waals surface area contributed by atoms with Crippen molar-refractivity contribution < 1.29 is 46.6 Å². The van der Waals surface area contributed by atoms with Crippen LogP contribution in [-0.2, 0) is 19.5 Å². The standard InChI is InChI=1S/C54H63FN8O10S/c1-33-6-3-4-7-38(33)44-30-70-22-5-19-61(44)36-28-53(29-36)16-20-60(21-17-53)35-8-9-39(41(25-35)62-40-11-23-71-31-46(40)73-51-43(62)24-34-10-18-56-49(34)58-51)50(64)59-74(68,69)37-26-42(63(66)67)48-45(27-37)72-32-47(57-48)54(55)14-12-52(2,65)13-15-54/h3-4,6-10,18,24-27,36,40,44,46-47,57,65H,5,11-17,19-23,28-32H2,1-2H3,(H,56,58)(H,59,64)/t40-,44-,46-,47+,52?,54?/m0/s1. The predicted octanol–water partition coefficient (Wildman–Crippen LogP) is 8.01. The normalized spacial score (nSPS) is 28.1. The fourth-order valence-corrected chi connectivity index (χ4v) is 13.9. The summed E-state index contributed by atoms with van der Waals surface area (Å²) in [6, 6.07) is 19.3. The molecule has 1 amide bonds. The van der Waals surface area contributed by atoms with Crippen LogP contribution in [0.25, 0.3) is 11.0 Å². The number of halogens is 1. The number of alkyl halides is 1. The molecule has 5 fully saturated rings. The number of piperidine rings is 1. The van der Waals surface area contributed by atoms with Crippen LogP contribution in [0.5, 0.6) is 11.6 Å². The molecule has 7 aliphatic rings. The van der Waals surface area contributed by atoms with Gasteiger partial charge in [0, 0.05) is 68.3 Å². The van der Waals surface area contributed by atoms with Crippen molar-refractivity contribution in [3.63, 3.8) is 0 Å². The number of ether oxygens (including phenoxy) is 4. The zero-order valence-electron chi connectivity index (χ0n) is 41.7. The van der Waals surface area contributed by atoms with Crippen LogP contribution in [0.3, 0.4) is 0 Å². The van der Waals surface area contributed by atoms with Crippen LogP contribution < -0.4 is 29.3 Å². The minimum absolute atomic E-state index is 0.00860. The van der Waals surface area contributed by atoms with Crippen molar-refractivity contribution in [1.82, 2.24) is 19.6 Å². The molecule has 12 rings (SSSR count). The molecule has 5 aliphatic heterocycles. The molecule has 2 aromatic heterocycles. The number of hydrogen-bond acceptors (Lipinski definition) is 15. The molecule has 0 bridgehead atoms. The zero-order valence-corrected chi connectivity index (χ0v) is 42.5. The highest BCUT2D eigenvalue weighted by Gasteiger charge is 2.51. The average molecular weight is 1040 g/mol. The van der Waals surface area contributed by atoms with Crippen LogP contribution in [-0.4, -0.2) is 127 Å². The fourth-order valence-electron chi connectivity index (χ4n) is 12.9. The summed E-state index contributed by atoms with van der Waals surface area (Å²) in [5, 5.41) is 26.8. The Balaban J connectivity index is 0.838. The zero-order chi connectivity index (χ0) is 51.1. The quantitative estimate of drug-likeness (QED) is 0.0813. The number of aromatic nitrogens is 2. The lowest BCUT2D eigenvalue weighted by molar-refractivity contribution is -0.384. The Morgan fingerprint density at radius 2 is 1.73 bits per heavy atom. The number of sulfonamides is 1. The minimum atomic E-state index is -4.80. The molecule has 0 unspecified atom stereocenters. The molecule has 1 spiro atoms. The van der Waals surface area contributed by atoms with E-state index in [0.29, 0.717) is 48.6 Å². The number of carbonyl (C=O) groups excluding carboxylic acids is 1. The maximum Gasteiger partial charge on any atom is 0.297 e. The Hall–Kier alpha value is -6.06. The van der Waals surface area contributed by atoms with Crippen LogP contribution in [0.4, 0.5) is 32.8 Å². The molecule has 4 atom stereocenters. The largest absolute Gasteiger partial charge is 0.489 e. The van der Waals surface area contributed by atoms with Gasteiger partial charge < -0.3 is 44.2 Å². The van der Waals surface area contributed by atoms with Crippen molar-refractivity contribution in [2.24, 2.45) is 5.41 Å². The number of aromatic amines is 1. The van der Waals surface area contributed by atoms with E-state index in [0.717, 1.165) is 81.6 Å². The van der Waals surface area contributed by atoms with Crippen molar-refractivity contribution in [2.45, 2.75) is 124 Å². The molecule has 392 valence electrons. The number of amides is 1. The van der Waals surface area contributed by atoms with E-state index in [4.69, 9.17) is 23.9 Å². The third-order valence-corrected chi connectivity index (χ3v) is 18.6. The first-order chi connectivity index (χ1) is 35.6. The Kier molecular flexibility index (Phi) is 12.3. The molecule has 74 heavy (non-hydrogen) atoms. The second-order valence-corrected chi connectivity index (χ2v) is 23.7. The Morgan fingerprint density at radius 3 is 2.51 bits per heavy atom. The van der Waals surface area contributed by atoms with Gasteiger partial charge in [0.15, 0.2) is 11.4 Å². The van der Waals surface area contributed by atoms with Crippen molar-refractivity contribution in [3.05, 3.63) is 99.7 Å². The lowest BCUT2D eigenvalue weighted by Crippen LogP contribution is -2.56. The topological polar surface area (TPSA) is 214 Å². The molecule has 2 aliphatic carbocycles. The van der Waals surface area contributed by atoms with Gasteiger partial charge in [-0.25, -0.2) is 17.5 Å². The van der Waals surface area contributed by atoms with Crippen molar-refractivity contribution in [1.29, 1.82) is 0 Å². The van der Waals surface area contributed by atoms with Gasteiger partial charge in [-0.05, 0) is 125 Å². The summed E-state index contributed by atoms with van der Waals surface area (Å²) < 4.78 is 71.8. The summed E-state index contributed by atoms with van der Waals surface area (Å²) in [6.07, 6.45) is 7.54. The molecular formula is C54H63FN8O10S. The first kappa shape index (κ1) is 48.9. The second-order valence-electron chi connectivity index (χ2n) is 22.0. The van der Waals surface area contributed by atoms with E-state index in [9.17, 15) is 28.4 Å². The Morgan fingerprint density at radius 1 is 0.946 bits per heavy atom. The number of nitrogens with one attached hydrogen (secondary N) is 3. The third kappa shape index (κ3) is 8.88. The van der Waals surface area contributed by atoms with Gasteiger partial charge in [-0.15, -0.1) is 0 Å². The highest BCUT2D eigenvalue weighted by Crippen LogP contribution is 2.54. The molecule has 0 radical (unpaired) electrons. The molecule has 7 heterocycles. The number of anilines is 4. The average Bonchev–Trinajstić information content (AvgIpc) is 3.72. The fraction of sp³-hybridized carbons (Fsp3) is 0.519. The molecule has 3 saturated heterocycles. The highest BCUT2D eigenvalue weighted by atomic mass is 32.2. The smallest absolute Gasteiger partial charge is 0.297 e. The second kappa shape index (κ2) is 18.6. The molecule has 20 heteroatoms. The minimum Gasteiger partial charge on any atom is -0.489 e. The number of benzene rings is 3. The number of hydrogen-bond donors (Lipinski definition) is 4. The predicted molar refractivity (Wildman–Crippen MR) is 275 cm³/mol. The van der Waals surface area contributed by atoms with Gasteiger partial charge >= 0.3 is 0 Å². The van der Waals surface area contributed by atoms with Gasteiger partial charge in [-0.2, -0.15) is 4.98 Å².